The van der Waals surface area contributed by atoms with Crippen molar-refractivity contribution < 1.29 is 19.4 Å². The van der Waals surface area contributed by atoms with Gasteiger partial charge in [-0.2, -0.15) is 11.8 Å². The predicted octanol–water partition coefficient (Wildman–Crippen LogP) is 7.98. The van der Waals surface area contributed by atoms with E-state index in [1.54, 1.807) is 11.8 Å². The number of aliphatic carboxylic acids is 1. The number of aryl methyl sites for hydroxylation is 1. The number of nitrogens with one attached hydrogen (secondary N) is 1. The summed E-state index contributed by atoms with van der Waals surface area (Å²) in [5.41, 5.74) is 4.57. The molecule has 0 heterocycles. The maximum Gasteiger partial charge on any atom is 0.326 e. The molecule has 3 aromatic rings. The van der Waals surface area contributed by atoms with Gasteiger partial charge in [-0.3, -0.25) is 9.69 Å². The van der Waals surface area contributed by atoms with Gasteiger partial charge in [-0.15, -0.1) is 0 Å². The average Bonchev–Trinajstić information content (AvgIpc) is 3.90. The molecule has 3 aromatic carbocycles. The van der Waals surface area contributed by atoms with Crippen LogP contribution in [-0.2, 0) is 11.3 Å². The van der Waals surface area contributed by atoms with E-state index in [9.17, 15) is 14.7 Å². The van der Waals surface area contributed by atoms with Crippen molar-refractivity contribution >= 4 is 23.6 Å². The van der Waals surface area contributed by atoms with Gasteiger partial charge in [0.05, 0.1) is 0 Å². The van der Waals surface area contributed by atoms with Crippen molar-refractivity contribution in [3.05, 3.63) is 89.5 Å². The van der Waals surface area contributed by atoms with Crippen LogP contribution in [0, 0.1) is 12.8 Å². The third kappa shape index (κ3) is 9.36. The minimum atomic E-state index is -1.01. The van der Waals surface area contributed by atoms with E-state index in [0.717, 1.165) is 46.9 Å². The third-order valence-electron chi connectivity index (χ3n) is 9.34. The van der Waals surface area contributed by atoms with Gasteiger partial charge in [-0.1, -0.05) is 80.6 Å². The zero-order valence-electron chi connectivity index (χ0n) is 26.8. The predicted molar refractivity (Wildman–Crippen MR) is 184 cm³/mol. The highest BCUT2D eigenvalue weighted by Crippen LogP contribution is 2.36. The van der Waals surface area contributed by atoms with E-state index in [2.05, 4.69) is 35.3 Å². The number of nitrogens with zero attached hydrogens (tertiary/aromatic N) is 1. The molecule has 2 saturated carbocycles. The van der Waals surface area contributed by atoms with Gasteiger partial charge in [0.15, 0.2) is 0 Å². The summed E-state index contributed by atoms with van der Waals surface area (Å²) in [6.45, 7) is 3.50. The molecule has 2 N–H and O–H groups in total. The Labute approximate surface area is 272 Å². The van der Waals surface area contributed by atoms with Gasteiger partial charge < -0.3 is 15.2 Å². The summed E-state index contributed by atoms with van der Waals surface area (Å²) >= 11 is 1.57. The summed E-state index contributed by atoms with van der Waals surface area (Å²) < 4.78 is 6.41. The lowest BCUT2D eigenvalue weighted by Gasteiger charge is -2.35. The van der Waals surface area contributed by atoms with Gasteiger partial charge >= 0.3 is 5.97 Å². The van der Waals surface area contributed by atoms with E-state index < -0.39 is 12.0 Å². The van der Waals surface area contributed by atoms with Crippen LogP contribution in [0.5, 0.6) is 5.75 Å². The van der Waals surface area contributed by atoms with Crippen LogP contribution in [0.4, 0.5) is 0 Å². The molecule has 0 spiro atoms. The van der Waals surface area contributed by atoms with Crippen molar-refractivity contribution in [3.8, 4) is 16.9 Å². The van der Waals surface area contributed by atoms with Gasteiger partial charge in [0, 0.05) is 24.2 Å². The molecular weight excluding hydrogens is 580 g/mol. The number of rotatable bonds is 16. The maximum atomic E-state index is 13.6. The van der Waals surface area contributed by atoms with Gasteiger partial charge in [-0.05, 0) is 97.1 Å². The lowest BCUT2D eigenvalue weighted by atomic mass is 9.84. The number of carboxylic acids is 1. The fourth-order valence-corrected chi connectivity index (χ4v) is 7.18. The normalized spacial score (nSPS) is 16.7. The molecule has 2 aliphatic rings. The first-order valence-corrected chi connectivity index (χ1v) is 18.0. The first kappa shape index (κ1) is 33.1. The number of hydrogen-bond donors (Lipinski definition) is 2. The van der Waals surface area contributed by atoms with Crippen molar-refractivity contribution in [2.45, 2.75) is 89.4 Å². The van der Waals surface area contributed by atoms with Crippen molar-refractivity contribution in [3.63, 3.8) is 0 Å². The Hall–Kier alpha value is -3.29. The average molecular weight is 629 g/mol. The van der Waals surface area contributed by atoms with E-state index in [1.165, 1.54) is 44.9 Å². The lowest BCUT2D eigenvalue weighted by molar-refractivity contribution is -0.139. The molecule has 45 heavy (non-hydrogen) atoms. The summed E-state index contributed by atoms with van der Waals surface area (Å²) in [6, 6.07) is 24.2. The molecule has 240 valence electrons. The van der Waals surface area contributed by atoms with Crippen LogP contribution in [0.15, 0.2) is 72.8 Å². The minimum Gasteiger partial charge on any atom is -0.492 e. The monoisotopic (exact) mass is 628 g/mol. The van der Waals surface area contributed by atoms with Crippen molar-refractivity contribution in [2.24, 2.45) is 5.92 Å². The minimum absolute atomic E-state index is 0.304. The van der Waals surface area contributed by atoms with E-state index in [1.807, 2.05) is 60.9 Å². The number of benzene rings is 3. The lowest BCUT2D eigenvalue weighted by Crippen LogP contribution is -2.42. The van der Waals surface area contributed by atoms with Crippen LogP contribution in [0.2, 0.25) is 0 Å². The zero-order valence-corrected chi connectivity index (χ0v) is 27.6. The number of thioether (sulfide) groups is 1. The van der Waals surface area contributed by atoms with Crippen molar-refractivity contribution in [1.29, 1.82) is 0 Å². The number of carbonyl (C=O) groups excluding carboxylic acids is 1. The third-order valence-corrected chi connectivity index (χ3v) is 9.99. The molecule has 6 nitrogen and oxygen atoms in total. The molecule has 7 heteroatoms. The second-order valence-electron chi connectivity index (χ2n) is 12.8. The van der Waals surface area contributed by atoms with Crippen molar-refractivity contribution in [1.82, 2.24) is 10.2 Å². The fraction of sp³-hybridized carbons (Fsp3) is 0.474. The van der Waals surface area contributed by atoms with E-state index in [-0.39, 0.29) is 5.91 Å². The molecule has 1 amide bonds. The molecule has 0 aromatic heterocycles. The SMILES string of the molecule is CSCCC(NC(=O)c1ccc(CN(C2CC2)C(COc2ccccc2)CC2CCCCC2)cc1-c1ccccc1C)C(=O)O. The van der Waals surface area contributed by atoms with Crippen LogP contribution < -0.4 is 10.1 Å². The smallest absolute Gasteiger partial charge is 0.326 e. The van der Waals surface area contributed by atoms with Gasteiger partial charge in [0.25, 0.3) is 5.91 Å². The summed E-state index contributed by atoms with van der Waals surface area (Å²) in [7, 11) is 0. The number of ether oxygens (including phenoxy) is 1. The first-order valence-electron chi connectivity index (χ1n) is 16.6. The highest BCUT2D eigenvalue weighted by molar-refractivity contribution is 7.98. The Morgan fingerprint density at radius 2 is 1.69 bits per heavy atom. The topological polar surface area (TPSA) is 78.9 Å². The molecule has 2 aliphatic carbocycles. The molecule has 0 saturated heterocycles. The largest absolute Gasteiger partial charge is 0.492 e. The molecular formula is C38H48N2O4S. The summed E-state index contributed by atoms with van der Waals surface area (Å²) in [4.78, 5) is 28.2. The molecule has 2 atom stereocenters. The Kier molecular flexibility index (Phi) is 12.0. The van der Waals surface area contributed by atoms with Crippen LogP contribution in [0.3, 0.4) is 0 Å². The Morgan fingerprint density at radius 3 is 2.38 bits per heavy atom. The zero-order chi connectivity index (χ0) is 31.6. The van der Waals surface area contributed by atoms with Gasteiger partial charge in [-0.25, -0.2) is 4.79 Å². The number of carbonyl (C=O) groups is 2. The standard InChI is InChI=1S/C38H48N2O4S/c1-27-11-9-10-16-33(27)35-24-29(17-20-34(35)37(41)39-36(38(42)43)21-22-45-2)25-40(30-18-19-30)31(23-28-12-5-3-6-13-28)26-44-32-14-7-4-8-15-32/h4,7-11,14-17,20,24,28,30-31,36H,3,5-6,12-13,18-19,21-23,25-26H2,1-2H3,(H,39,41)(H,42,43). The Balaban J connectivity index is 1.43. The molecule has 5 rings (SSSR count). The van der Waals surface area contributed by atoms with Crippen LogP contribution in [0.1, 0.15) is 79.3 Å². The van der Waals surface area contributed by atoms with Gasteiger partial charge in [0.2, 0.25) is 0 Å². The number of carboxylic acid groups (broad SMARTS) is 1. The molecule has 2 fully saturated rings. The summed E-state index contributed by atoms with van der Waals surface area (Å²) in [6.07, 6.45) is 12.5. The highest BCUT2D eigenvalue weighted by Gasteiger charge is 2.36. The van der Waals surface area contributed by atoms with Crippen LogP contribution in [-0.4, -0.2) is 58.6 Å². The Bertz CT molecular complexity index is 1400. The molecule has 0 aliphatic heterocycles. The van der Waals surface area contributed by atoms with E-state index >= 15 is 0 Å². The van der Waals surface area contributed by atoms with Crippen LogP contribution >= 0.6 is 11.8 Å². The molecule has 0 radical (unpaired) electrons. The first-order chi connectivity index (χ1) is 21.9. The highest BCUT2D eigenvalue weighted by atomic mass is 32.2. The molecule has 0 bridgehead atoms. The number of para-hydroxylation sites is 1. The summed E-state index contributed by atoms with van der Waals surface area (Å²) in [5.74, 6) is 0.947. The Morgan fingerprint density at radius 1 is 0.956 bits per heavy atom. The van der Waals surface area contributed by atoms with E-state index in [0.29, 0.717) is 36.4 Å². The second-order valence-corrected chi connectivity index (χ2v) is 13.7. The molecule has 2 unspecified atom stereocenters. The fourth-order valence-electron chi connectivity index (χ4n) is 6.70. The number of amides is 1. The quantitative estimate of drug-likeness (QED) is 0.168. The number of hydrogen-bond acceptors (Lipinski definition) is 5. The summed E-state index contributed by atoms with van der Waals surface area (Å²) in [5, 5.41) is 12.6. The van der Waals surface area contributed by atoms with Gasteiger partial charge in [0.1, 0.15) is 18.4 Å². The van der Waals surface area contributed by atoms with E-state index in [4.69, 9.17) is 4.74 Å². The maximum absolute atomic E-state index is 13.6. The second kappa shape index (κ2) is 16.3. The van der Waals surface area contributed by atoms with Crippen LogP contribution in [0.25, 0.3) is 11.1 Å². The van der Waals surface area contributed by atoms with Crippen molar-refractivity contribution in [2.75, 3.05) is 18.6 Å².